The third-order valence-electron chi connectivity index (χ3n) is 7.09. The van der Waals surface area contributed by atoms with Crippen LogP contribution in [0.2, 0.25) is 0 Å². The standard InChI is InChI=1S/C29H32N2O5/c1-4-35-24-12-11-18(14-21(24)17(2)3)27(32)25-26(22-15-30-23-10-6-5-9-20(22)23)31(29(34)28(25)33)16-19-8-7-13-36-19/h5-6,9-12,14-15,17,19,26,30,32H,4,7-8,13,16H2,1-3H3/b27-25+. The molecule has 2 unspecified atom stereocenters. The Hall–Kier alpha value is -3.58. The van der Waals surface area contributed by atoms with Gasteiger partial charge in [0.25, 0.3) is 11.7 Å². The first kappa shape index (κ1) is 24.1. The van der Waals surface area contributed by atoms with Crippen LogP contribution in [0.4, 0.5) is 0 Å². The van der Waals surface area contributed by atoms with Crippen molar-refractivity contribution in [1.29, 1.82) is 0 Å². The first-order valence-corrected chi connectivity index (χ1v) is 12.6. The van der Waals surface area contributed by atoms with E-state index in [1.165, 1.54) is 0 Å². The average Bonchev–Trinajstić information content (AvgIpc) is 3.60. The number of H-pyrrole nitrogens is 1. The summed E-state index contributed by atoms with van der Waals surface area (Å²) in [6.45, 7) is 7.50. The maximum absolute atomic E-state index is 13.4. The van der Waals surface area contributed by atoms with Crippen LogP contribution in [0, 0.1) is 0 Å². The van der Waals surface area contributed by atoms with Gasteiger partial charge < -0.3 is 24.5 Å². The summed E-state index contributed by atoms with van der Waals surface area (Å²) in [4.78, 5) is 31.6. The molecule has 3 aromatic rings. The van der Waals surface area contributed by atoms with Crippen molar-refractivity contribution in [3.63, 3.8) is 0 Å². The van der Waals surface area contributed by atoms with Crippen molar-refractivity contribution in [3.8, 4) is 5.75 Å². The third kappa shape index (κ3) is 4.17. The van der Waals surface area contributed by atoms with E-state index in [1.807, 2.05) is 63.4 Å². The molecule has 2 N–H and O–H groups in total. The van der Waals surface area contributed by atoms with Crippen LogP contribution < -0.4 is 4.74 Å². The number of nitrogens with zero attached hydrogens (tertiary/aromatic N) is 1. The van der Waals surface area contributed by atoms with E-state index in [-0.39, 0.29) is 23.4 Å². The maximum atomic E-state index is 13.4. The van der Waals surface area contributed by atoms with Gasteiger partial charge in [0, 0.05) is 41.4 Å². The summed E-state index contributed by atoms with van der Waals surface area (Å²) in [5.74, 6) is -0.580. The van der Waals surface area contributed by atoms with Crippen molar-refractivity contribution in [2.75, 3.05) is 19.8 Å². The van der Waals surface area contributed by atoms with Crippen LogP contribution in [0.15, 0.2) is 54.2 Å². The topological polar surface area (TPSA) is 91.9 Å². The number of amides is 1. The summed E-state index contributed by atoms with van der Waals surface area (Å²) in [6.07, 6.45) is 3.46. The number of ketones is 1. The molecule has 188 valence electrons. The molecule has 3 heterocycles. The van der Waals surface area contributed by atoms with E-state index in [0.717, 1.165) is 40.6 Å². The number of rotatable bonds is 7. The second-order valence-electron chi connectivity index (χ2n) is 9.72. The van der Waals surface area contributed by atoms with Crippen molar-refractivity contribution >= 4 is 28.4 Å². The summed E-state index contributed by atoms with van der Waals surface area (Å²) < 4.78 is 11.6. The number of fused-ring (bicyclic) bond motifs is 1. The molecule has 0 spiro atoms. The highest BCUT2D eigenvalue weighted by molar-refractivity contribution is 6.46. The van der Waals surface area contributed by atoms with Crippen LogP contribution in [0.25, 0.3) is 16.7 Å². The van der Waals surface area contributed by atoms with Crippen LogP contribution >= 0.6 is 0 Å². The lowest BCUT2D eigenvalue weighted by molar-refractivity contribution is -0.140. The summed E-state index contributed by atoms with van der Waals surface area (Å²) >= 11 is 0. The minimum absolute atomic E-state index is 0.0987. The van der Waals surface area contributed by atoms with Gasteiger partial charge in [0.1, 0.15) is 11.5 Å². The zero-order valence-corrected chi connectivity index (χ0v) is 20.9. The van der Waals surface area contributed by atoms with E-state index < -0.39 is 17.7 Å². The fraction of sp³-hybridized carbons (Fsp3) is 0.379. The summed E-state index contributed by atoms with van der Waals surface area (Å²) in [5.41, 5.74) is 3.19. The molecule has 2 saturated heterocycles. The number of aromatic nitrogens is 1. The van der Waals surface area contributed by atoms with E-state index in [9.17, 15) is 14.7 Å². The molecule has 2 aliphatic rings. The van der Waals surface area contributed by atoms with Crippen LogP contribution in [-0.2, 0) is 14.3 Å². The lowest BCUT2D eigenvalue weighted by Crippen LogP contribution is -2.36. The second kappa shape index (κ2) is 9.82. The Morgan fingerprint density at radius 1 is 1.22 bits per heavy atom. The fourth-order valence-electron chi connectivity index (χ4n) is 5.31. The Morgan fingerprint density at radius 3 is 2.75 bits per heavy atom. The zero-order valence-electron chi connectivity index (χ0n) is 20.9. The number of ether oxygens (including phenoxy) is 2. The zero-order chi connectivity index (χ0) is 25.4. The van der Waals surface area contributed by atoms with Crippen LogP contribution in [0.3, 0.4) is 0 Å². The van der Waals surface area contributed by atoms with Crippen LogP contribution in [-0.4, -0.2) is 52.5 Å². The predicted octanol–water partition coefficient (Wildman–Crippen LogP) is 5.29. The lowest BCUT2D eigenvalue weighted by Gasteiger charge is -2.27. The Bertz CT molecular complexity index is 1330. The van der Waals surface area contributed by atoms with Crippen molar-refractivity contribution in [3.05, 3.63) is 70.9 Å². The van der Waals surface area contributed by atoms with Crippen LogP contribution in [0.5, 0.6) is 5.75 Å². The van der Waals surface area contributed by atoms with Gasteiger partial charge in [0.2, 0.25) is 0 Å². The number of carbonyl (C=O) groups is 2. The van der Waals surface area contributed by atoms with Crippen molar-refractivity contribution in [1.82, 2.24) is 9.88 Å². The number of nitrogens with one attached hydrogen (secondary N) is 1. The average molecular weight is 489 g/mol. The highest BCUT2D eigenvalue weighted by Crippen LogP contribution is 2.43. The summed E-state index contributed by atoms with van der Waals surface area (Å²) in [5, 5.41) is 12.5. The number of Topliss-reactive ketones (excluding diaryl/α,β-unsaturated/α-hetero) is 1. The molecule has 0 saturated carbocycles. The van der Waals surface area contributed by atoms with Crippen LogP contribution in [0.1, 0.15) is 62.3 Å². The lowest BCUT2D eigenvalue weighted by atomic mass is 9.93. The number of aliphatic hydroxyl groups excluding tert-OH is 1. The highest BCUT2D eigenvalue weighted by atomic mass is 16.5. The quantitative estimate of drug-likeness (QED) is 0.268. The molecular weight excluding hydrogens is 456 g/mol. The molecule has 2 fully saturated rings. The first-order chi connectivity index (χ1) is 17.4. The number of hydrogen-bond acceptors (Lipinski definition) is 5. The molecule has 1 amide bonds. The second-order valence-corrected chi connectivity index (χ2v) is 9.72. The van der Waals surface area contributed by atoms with Crippen molar-refractivity contribution in [2.24, 2.45) is 0 Å². The molecule has 0 bridgehead atoms. The maximum Gasteiger partial charge on any atom is 0.295 e. The SMILES string of the molecule is CCOc1ccc(/C(O)=C2\C(=O)C(=O)N(CC3CCCO3)C2c2c[nH]c3ccccc23)cc1C(C)C. The molecule has 2 atom stereocenters. The Morgan fingerprint density at radius 2 is 2.03 bits per heavy atom. The molecular formula is C29H32N2O5. The molecule has 2 aromatic carbocycles. The van der Waals surface area contributed by atoms with E-state index >= 15 is 0 Å². The molecule has 7 heteroatoms. The molecule has 2 aliphatic heterocycles. The van der Waals surface area contributed by atoms with E-state index in [1.54, 1.807) is 11.0 Å². The van der Waals surface area contributed by atoms with Gasteiger partial charge in [0.05, 0.1) is 24.3 Å². The van der Waals surface area contributed by atoms with Gasteiger partial charge in [0.15, 0.2) is 0 Å². The number of carbonyl (C=O) groups excluding carboxylic acids is 2. The van der Waals surface area contributed by atoms with E-state index in [2.05, 4.69) is 4.98 Å². The predicted molar refractivity (Wildman–Crippen MR) is 138 cm³/mol. The minimum Gasteiger partial charge on any atom is -0.507 e. The minimum atomic E-state index is -0.723. The van der Waals surface area contributed by atoms with Crippen molar-refractivity contribution < 1.29 is 24.2 Å². The number of hydrogen-bond donors (Lipinski definition) is 2. The molecule has 5 rings (SSSR count). The molecule has 1 aromatic heterocycles. The summed E-state index contributed by atoms with van der Waals surface area (Å²) in [6, 6.07) is 12.5. The Labute approximate surface area is 210 Å². The molecule has 7 nitrogen and oxygen atoms in total. The van der Waals surface area contributed by atoms with Gasteiger partial charge in [-0.05, 0) is 55.5 Å². The van der Waals surface area contributed by atoms with Gasteiger partial charge in [-0.15, -0.1) is 0 Å². The van der Waals surface area contributed by atoms with Crippen molar-refractivity contribution in [2.45, 2.75) is 51.7 Å². The van der Waals surface area contributed by atoms with E-state index in [0.29, 0.717) is 25.3 Å². The Balaban J connectivity index is 1.66. The molecule has 0 radical (unpaired) electrons. The molecule has 36 heavy (non-hydrogen) atoms. The third-order valence-corrected chi connectivity index (χ3v) is 7.09. The largest absolute Gasteiger partial charge is 0.507 e. The Kier molecular flexibility index (Phi) is 6.58. The number of benzene rings is 2. The number of aliphatic hydroxyl groups is 1. The van der Waals surface area contributed by atoms with Gasteiger partial charge in [-0.2, -0.15) is 0 Å². The summed E-state index contributed by atoms with van der Waals surface area (Å²) in [7, 11) is 0. The smallest absolute Gasteiger partial charge is 0.295 e. The number of likely N-dealkylation sites (tertiary alicyclic amines) is 1. The van der Waals surface area contributed by atoms with E-state index in [4.69, 9.17) is 9.47 Å². The normalized spacial score (nSPS) is 21.7. The number of aromatic amines is 1. The van der Waals surface area contributed by atoms with Gasteiger partial charge >= 0.3 is 0 Å². The number of para-hydroxylation sites is 1. The monoisotopic (exact) mass is 488 g/mol. The van der Waals surface area contributed by atoms with Gasteiger partial charge in [-0.25, -0.2) is 0 Å². The fourth-order valence-corrected chi connectivity index (χ4v) is 5.31. The molecule has 0 aliphatic carbocycles. The van der Waals surface area contributed by atoms with Gasteiger partial charge in [-0.3, -0.25) is 9.59 Å². The first-order valence-electron chi connectivity index (χ1n) is 12.6. The van der Waals surface area contributed by atoms with Gasteiger partial charge in [-0.1, -0.05) is 32.0 Å². The highest BCUT2D eigenvalue weighted by Gasteiger charge is 2.47.